The first-order chi connectivity index (χ1) is 11.0. The molecule has 0 fully saturated rings. The molecule has 2 aromatic rings. The molecule has 0 aliphatic heterocycles. The fourth-order valence-corrected chi connectivity index (χ4v) is 3.30. The molecule has 1 aliphatic carbocycles. The van der Waals surface area contributed by atoms with E-state index in [1.807, 2.05) is 6.92 Å². The summed E-state index contributed by atoms with van der Waals surface area (Å²) in [5, 5.41) is 0.781. The third-order valence-corrected chi connectivity index (χ3v) is 5.07. The van der Waals surface area contributed by atoms with Crippen LogP contribution >= 0.6 is 23.2 Å². The van der Waals surface area contributed by atoms with Crippen molar-refractivity contribution in [2.45, 2.75) is 33.1 Å². The van der Waals surface area contributed by atoms with E-state index >= 15 is 0 Å². The fourth-order valence-electron chi connectivity index (χ4n) is 2.92. The van der Waals surface area contributed by atoms with E-state index in [1.165, 1.54) is 4.57 Å². The van der Waals surface area contributed by atoms with Gasteiger partial charge in [-0.25, -0.2) is 4.98 Å². The standard InChI is InChI=1S/C18H18Cl2N2O/c1-11-6-8-13(9-7-11)15-10-17(23)22(12(2)21-15)16-5-3-4-14(19)18(16)20/h3-5,8,10-11H,6-7,9H2,1-2H3/t11-/m0/s1. The number of rotatable bonds is 2. The van der Waals surface area contributed by atoms with Crippen LogP contribution in [0.5, 0.6) is 0 Å². The van der Waals surface area contributed by atoms with E-state index in [0.717, 1.165) is 30.5 Å². The van der Waals surface area contributed by atoms with E-state index in [1.54, 1.807) is 24.3 Å². The van der Waals surface area contributed by atoms with Crippen LogP contribution in [0.15, 0.2) is 35.1 Å². The Hall–Kier alpha value is -1.58. The summed E-state index contributed by atoms with van der Waals surface area (Å²) >= 11 is 12.3. The lowest BCUT2D eigenvalue weighted by molar-refractivity contribution is 0.533. The average Bonchev–Trinajstić information content (AvgIpc) is 2.51. The lowest BCUT2D eigenvalue weighted by Crippen LogP contribution is -2.23. The number of hydrogen-bond acceptors (Lipinski definition) is 2. The highest BCUT2D eigenvalue weighted by Gasteiger charge is 2.16. The molecule has 0 saturated heterocycles. The van der Waals surface area contributed by atoms with Gasteiger partial charge in [0.2, 0.25) is 0 Å². The second-order valence-electron chi connectivity index (χ2n) is 6.04. The molecule has 5 heteroatoms. The van der Waals surface area contributed by atoms with E-state index in [-0.39, 0.29) is 5.56 Å². The molecule has 3 rings (SSSR count). The van der Waals surface area contributed by atoms with Crippen LogP contribution in [0.3, 0.4) is 0 Å². The van der Waals surface area contributed by atoms with E-state index in [4.69, 9.17) is 23.2 Å². The van der Waals surface area contributed by atoms with Crippen LogP contribution in [-0.4, -0.2) is 9.55 Å². The smallest absolute Gasteiger partial charge is 0.258 e. The molecule has 0 amide bonds. The van der Waals surface area contributed by atoms with Crippen molar-refractivity contribution in [3.05, 3.63) is 62.3 Å². The third-order valence-electron chi connectivity index (χ3n) is 4.26. The molecule has 1 heterocycles. The Morgan fingerprint density at radius 2 is 2.09 bits per heavy atom. The first-order valence-electron chi connectivity index (χ1n) is 7.72. The van der Waals surface area contributed by atoms with Gasteiger partial charge in [-0.2, -0.15) is 0 Å². The molecule has 0 radical (unpaired) electrons. The summed E-state index contributed by atoms with van der Waals surface area (Å²) in [6.07, 6.45) is 5.34. The van der Waals surface area contributed by atoms with Crippen molar-refractivity contribution >= 4 is 28.8 Å². The molecule has 1 atom stereocenters. The molecule has 3 nitrogen and oxygen atoms in total. The molecule has 1 aromatic carbocycles. The summed E-state index contributed by atoms with van der Waals surface area (Å²) in [6, 6.07) is 6.83. The monoisotopic (exact) mass is 348 g/mol. The lowest BCUT2D eigenvalue weighted by Gasteiger charge is -2.19. The van der Waals surface area contributed by atoms with Crippen LogP contribution < -0.4 is 5.56 Å². The quantitative estimate of drug-likeness (QED) is 0.760. The highest BCUT2D eigenvalue weighted by molar-refractivity contribution is 6.43. The Labute approximate surface area is 145 Å². The van der Waals surface area contributed by atoms with Crippen LogP contribution in [-0.2, 0) is 0 Å². The molecule has 0 spiro atoms. The van der Waals surface area contributed by atoms with Gasteiger partial charge < -0.3 is 0 Å². The summed E-state index contributed by atoms with van der Waals surface area (Å²) in [6.45, 7) is 4.05. The van der Waals surface area contributed by atoms with Gasteiger partial charge in [-0.3, -0.25) is 9.36 Å². The van der Waals surface area contributed by atoms with Crippen molar-refractivity contribution in [3.63, 3.8) is 0 Å². The summed E-state index contributed by atoms with van der Waals surface area (Å²) in [7, 11) is 0. The first-order valence-corrected chi connectivity index (χ1v) is 8.47. The van der Waals surface area contributed by atoms with Crippen molar-refractivity contribution in [2.75, 3.05) is 0 Å². The van der Waals surface area contributed by atoms with Gasteiger partial charge in [-0.05, 0) is 49.8 Å². The van der Waals surface area contributed by atoms with Crippen molar-refractivity contribution in [2.24, 2.45) is 5.92 Å². The van der Waals surface area contributed by atoms with Gasteiger partial charge in [-0.1, -0.05) is 42.3 Å². The SMILES string of the molecule is Cc1nc(C2=CC[C@H](C)CC2)cc(=O)n1-c1cccc(Cl)c1Cl. The topological polar surface area (TPSA) is 34.9 Å². The number of aryl methyl sites for hydroxylation is 1. The van der Waals surface area contributed by atoms with E-state index in [2.05, 4.69) is 18.0 Å². The third kappa shape index (κ3) is 3.22. The van der Waals surface area contributed by atoms with Gasteiger partial charge in [0, 0.05) is 6.07 Å². The minimum Gasteiger partial charge on any atom is -0.269 e. The summed E-state index contributed by atoms with van der Waals surface area (Å²) < 4.78 is 1.50. The Morgan fingerprint density at radius 3 is 2.74 bits per heavy atom. The summed E-state index contributed by atoms with van der Waals surface area (Å²) in [4.78, 5) is 17.2. The predicted molar refractivity (Wildman–Crippen MR) is 95.6 cm³/mol. The molecule has 0 saturated carbocycles. The number of allylic oxidation sites excluding steroid dienone is 2. The fraction of sp³-hybridized carbons (Fsp3) is 0.333. The maximum atomic E-state index is 12.6. The lowest BCUT2D eigenvalue weighted by atomic mass is 9.89. The van der Waals surface area contributed by atoms with Crippen LogP contribution in [0.1, 0.15) is 37.7 Å². The highest BCUT2D eigenvalue weighted by atomic mass is 35.5. The van der Waals surface area contributed by atoms with Gasteiger partial charge in [0.25, 0.3) is 5.56 Å². The van der Waals surface area contributed by atoms with Gasteiger partial charge in [0.1, 0.15) is 5.82 Å². The molecule has 0 unspecified atom stereocenters. The zero-order chi connectivity index (χ0) is 16.6. The van der Waals surface area contributed by atoms with E-state index < -0.39 is 0 Å². The van der Waals surface area contributed by atoms with Crippen LogP contribution in [0, 0.1) is 12.8 Å². The first kappa shape index (κ1) is 16.3. The van der Waals surface area contributed by atoms with E-state index in [9.17, 15) is 4.79 Å². The molecule has 1 aromatic heterocycles. The molecule has 0 bridgehead atoms. The maximum absolute atomic E-state index is 12.6. The highest BCUT2D eigenvalue weighted by Crippen LogP contribution is 2.30. The van der Waals surface area contributed by atoms with Gasteiger partial charge >= 0.3 is 0 Å². The minimum atomic E-state index is -0.142. The zero-order valence-electron chi connectivity index (χ0n) is 13.1. The summed E-state index contributed by atoms with van der Waals surface area (Å²) in [5.41, 5.74) is 2.35. The number of nitrogens with zero attached hydrogens (tertiary/aromatic N) is 2. The molecule has 0 N–H and O–H groups in total. The Morgan fingerprint density at radius 1 is 1.30 bits per heavy atom. The largest absolute Gasteiger partial charge is 0.269 e. The van der Waals surface area contributed by atoms with Crippen molar-refractivity contribution in [3.8, 4) is 5.69 Å². The van der Waals surface area contributed by atoms with Gasteiger partial charge in [-0.15, -0.1) is 0 Å². The normalized spacial score (nSPS) is 17.9. The predicted octanol–water partition coefficient (Wildman–Crippen LogP) is 5.05. The number of benzene rings is 1. The Kier molecular flexibility index (Phi) is 4.60. The maximum Gasteiger partial charge on any atom is 0.258 e. The van der Waals surface area contributed by atoms with E-state index in [0.29, 0.717) is 27.5 Å². The van der Waals surface area contributed by atoms with Gasteiger partial charge in [0.15, 0.2) is 0 Å². The molecular formula is C18H18Cl2N2O. The zero-order valence-corrected chi connectivity index (χ0v) is 14.7. The summed E-state index contributed by atoms with van der Waals surface area (Å²) in [5.74, 6) is 1.31. The second kappa shape index (κ2) is 6.50. The van der Waals surface area contributed by atoms with Crippen molar-refractivity contribution in [1.82, 2.24) is 9.55 Å². The Balaban J connectivity index is 2.09. The number of halogens is 2. The molecule has 120 valence electrons. The molecule has 1 aliphatic rings. The van der Waals surface area contributed by atoms with Crippen LogP contribution in [0.25, 0.3) is 11.3 Å². The van der Waals surface area contributed by atoms with Crippen molar-refractivity contribution in [1.29, 1.82) is 0 Å². The number of aromatic nitrogens is 2. The van der Waals surface area contributed by atoms with Crippen LogP contribution in [0.4, 0.5) is 0 Å². The second-order valence-corrected chi connectivity index (χ2v) is 6.83. The molecular weight excluding hydrogens is 331 g/mol. The van der Waals surface area contributed by atoms with Crippen molar-refractivity contribution < 1.29 is 0 Å². The Bertz CT molecular complexity index is 839. The minimum absolute atomic E-state index is 0.142. The molecule has 23 heavy (non-hydrogen) atoms. The van der Waals surface area contributed by atoms with Gasteiger partial charge in [0.05, 0.1) is 21.4 Å². The van der Waals surface area contributed by atoms with Crippen LogP contribution in [0.2, 0.25) is 10.0 Å². The average molecular weight is 349 g/mol. The number of hydrogen-bond donors (Lipinski definition) is 0.